The van der Waals surface area contributed by atoms with Crippen molar-refractivity contribution in [2.24, 2.45) is 5.84 Å². The van der Waals surface area contributed by atoms with Gasteiger partial charge in [0.2, 0.25) is 0 Å². The number of hydrazine groups is 1. The highest BCUT2D eigenvalue weighted by Gasteiger charge is 2.20. The normalized spacial score (nSPS) is 12.2. The molecule has 0 aliphatic heterocycles. The Kier molecular flexibility index (Phi) is 5.29. The van der Waals surface area contributed by atoms with Crippen LogP contribution in [0.4, 0.5) is 0 Å². The number of hydrogen-bond acceptors (Lipinski definition) is 3. The van der Waals surface area contributed by atoms with Crippen molar-refractivity contribution in [1.82, 2.24) is 5.43 Å². The third-order valence-corrected chi connectivity index (χ3v) is 4.01. The van der Waals surface area contributed by atoms with E-state index in [-0.39, 0.29) is 6.04 Å². The van der Waals surface area contributed by atoms with Gasteiger partial charge in [-0.25, -0.2) is 5.43 Å². The van der Waals surface area contributed by atoms with Crippen LogP contribution in [0.2, 0.25) is 10.0 Å². The average molecular weight is 376 g/mol. The molecule has 3 N–H and O–H groups in total. The summed E-state index contributed by atoms with van der Waals surface area (Å²) in [6, 6.07) is 10.6. The van der Waals surface area contributed by atoms with Gasteiger partial charge in [-0.1, -0.05) is 39.1 Å². The number of nitrogens with one attached hydrogen (secondary N) is 1. The molecule has 6 heteroatoms. The number of benzene rings is 2. The van der Waals surface area contributed by atoms with Gasteiger partial charge in [0.15, 0.2) is 0 Å². The molecular weight excluding hydrogens is 363 g/mol. The molecule has 2 rings (SSSR count). The number of nitrogens with two attached hydrogens (primary N) is 1. The highest BCUT2D eigenvalue weighted by atomic mass is 79.9. The first-order valence-corrected chi connectivity index (χ1v) is 7.36. The standard InChI is InChI=1S/C14H13BrCl2N2O/c1-20-13-5-3-9(16)7-11(13)14(19-18)10-6-8(15)2-4-12(10)17/h2-7,14,19H,18H2,1H3. The van der Waals surface area contributed by atoms with Gasteiger partial charge in [0.1, 0.15) is 5.75 Å². The Morgan fingerprint density at radius 3 is 2.55 bits per heavy atom. The highest BCUT2D eigenvalue weighted by Crippen LogP contribution is 2.35. The molecule has 0 aliphatic rings. The molecule has 0 amide bonds. The van der Waals surface area contributed by atoms with Gasteiger partial charge in [-0.2, -0.15) is 0 Å². The highest BCUT2D eigenvalue weighted by molar-refractivity contribution is 9.10. The van der Waals surface area contributed by atoms with Crippen molar-refractivity contribution in [2.45, 2.75) is 6.04 Å². The maximum atomic E-state index is 6.26. The topological polar surface area (TPSA) is 47.3 Å². The molecule has 1 atom stereocenters. The molecule has 0 fully saturated rings. The van der Waals surface area contributed by atoms with Crippen molar-refractivity contribution in [3.63, 3.8) is 0 Å². The van der Waals surface area contributed by atoms with E-state index in [2.05, 4.69) is 21.4 Å². The van der Waals surface area contributed by atoms with Crippen LogP contribution in [0.5, 0.6) is 5.75 Å². The van der Waals surface area contributed by atoms with Gasteiger partial charge in [0.25, 0.3) is 0 Å². The molecule has 20 heavy (non-hydrogen) atoms. The summed E-state index contributed by atoms with van der Waals surface area (Å²) in [5.74, 6) is 6.40. The van der Waals surface area contributed by atoms with Gasteiger partial charge < -0.3 is 4.74 Å². The molecule has 0 saturated heterocycles. The molecule has 0 aliphatic carbocycles. The lowest BCUT2D eigenvalue weighted by molar-refractivity contribution is 0.404. The monoisotopic (exact) mass is 374 g/mol. The van der Waals surface area contributed by atoms with Crippen LogP contribution in [0.3, 0.4) is 0 Å². The lowest BCUT2D eigenvalue weighted by Gasteiger charge is -2.21. The van der Waals surface area contributed by atoms with Gasteiger partial charge in [-0.05, 0) is 42.0 Å². The zero-order valence-electron chi connectivity index (χ0n) is 10.7. The minimum atomic E-state index is -0.325. The van der Waals surface area contributed by atoms with Crippen LogP contribution in [0.1, 0.15) is 17.2 Å². The van der Waals surface area contributed by atoms with Crippen LogP contribution in [-0.4, -0.2) is 7.11 Å². The van der Waals surface area contributed by atoms with Gasteiger partial charge in [0, 0.05) is 20.1 Å². The van der Waals surface area contributed by atoms with Crippen molar-refractivity contribution in [2.75, 3.05) is 7.11 Å². The van der Waals surface area contributed by atoms with Gasteiger partial charge in [-0.3, -0.25) is 5.84 Å². The number of rotatable bonds is 4. The van der Waals surface area contributed by atoms with Crippen LogP contribution in [0.15, 0.2) is 40.9 Å². The largest absolute Gasteiger partial charge is 0.496 e. The molecular formula is C14H13BrCl2N2O. The molecule has 2 aromatic carbocycles. The number of methoxy groups -OCH3 is 1. The third kappa shape index (κ3) is 3.27. The van der Waals surface area contributed by atoms with Crippen molar-refractivity contribution in [3.8, 4) is 5.75 Å². The van der Waals surface area contributed by atoms with Crippen molar-refractivity contribution < 1.29 is 4.74 Å². The molecule has 0 heterocycles. The van der Waals surface area contributed by atoms with Crippen LogP contribution in [0.25, 0.3) is 0 Å². The van der Waals surface area contributed by atoms with Crippen molar-refractivity contribution >= 4 is 39.1 Å². The third-order valence-electron chi connectivity index (χ3n) is 2.94. The second kappa shape index (κ2) is 6.78. The van der Waals surface area contributed by atoms with E-state index in [0.717, 1.165) is 15.6 Å². The Balaban J connectivity index is 2.57. The Hall–Kier alpha value is -0.780. The first kappa shape index (κ1) is 15.6. The second-order valence-corrected chi connectivity index (χ2v) is 5.91. The van der Waals surface area contributed by atoms with E-state index >= 15 is 0 Å². The van der Waals surface area contributed by atoms with E-state index in [9.17, 15) is 0 Å². The minimum Gasteiger partial charge on any atom is -0.496 e. The molecule has 0 bridgehead atoms. The lowest BCUT2D eigenvalue weighted by atomic mass is 9.98. The fourth-order valence-corrected chi connectivity index (χ4v) is 2.80. The first-order valence-electron chi connectivity index (χ1n) is 5.81. The van der Waals surface area contributed by atoms with Gasteiger partial charge >= 0.3 is 0 Å². The SMILES string of the molecule is COc1ccc(Cl)cc1C(NN)c1cc(Br)ccc1Cl. The van der Waals surface area contributed by atoms with Crippen molar-refractivity contribution in [3.05, 3.63) is 62.0 Å². The smallest absolute Gasteiger partial charge is 0.124 e. The molecule has 0 spiro atoms. The Morgan fingerprint density at radius 1 is 1.15 bits per heavy atom. The fraction of sp³-hybridized carbons (Fsp3) is 0.143. The molecule has 1 unspecified atom stereocenters. The Morgan fingerprint density at radius 2 is 1.90 bits per heavy atom. The Labute approximate surface area is 136 Å². The zero-order valence-corrected chi connectivity index (χ0v) is 13.8. The maximum absolute atomic E-state index is 6.26. The summed E-state index contributed by atoms with van der Waals surface area (Å²) >= 11 is 15.8. The quantitative estimate of drug-likeness (QED) is 0.618. The zero-order chi connectivity index (χ0) is 14.7. The van der Waals surface area contributed by atoms with E-state index in [4.69, 9.17) is 33.8 Å². The molecule has 3 nitrogen and oxygen atoms in total. The predicted octanol–water partition coefficient (Wildman–Crippen LogP) is 4.32. The first-order chi connectivity index (χ1) is 9.56. The molecule has 0 aromatic heterocycles. The molecule has 0 radical (unpaired) electrons. The van der Waals surface area contributed by atoms with E-state index in [0.29, 0.717) is 15.8 Å². The summed E-state index contributed by atoms with van der Waals surface area (Å²) < 4.78 is 6.28. The van der Waals surface area contributed by atoms with Gasteiger partial charge in [-0.15, -0.1) is 0 Å². The van der Waals surface area contributed by atoms with Crippen molar-refractivity contribution in [1.29, 1.82) is 0 Å². The predicted molar refractivity (Wildman–Crippen MR) is 86.3 cm³/mol. The Bertz CT molecular complexity index is 622. The summed E-state index contributed by atoms with van der Waals surface area (Å²) in [5.41, 5.74) is 4.42. The van der Waals surface area contributed by atoms with Crippen LogP contribution in [0, 0.1) is 0 Å². The number of hydrogen-bond donors (Lipinski definition) is 2. The maximum Gasteiger partial charge on any atom is 0.124 e. The van der Waals surface area contributed by atoms with E-state index in [1.54, 1.807) is 19.2 Å². The van der Waals surface area contributed by atoms with E-state index < -0.39 is 0 Å². The summed E-state index contributed by atoms with van der Waals surface area (Å²) in [7, 11) is 1.60. The number of halogens is 3. The number of ether oxygens (including phenoxy) is 1. The summed E-state index contributed by atoms with van der Waals surface area (Å²) in [4.78, 5) is 0. The minimum absolute atomic E-state index is 0.325. The molecule has 2 aromatic rings. The fourth-order valence-electron chi connectivity index (χ4n) is 2.01. The van der Waals surface area contributed by atoms with Crippen LogP contribution in [-0.2, 0) is 0 Å². The second-order valence-electron chi connectivity index (χ2n) is 4.15. The summed E-state index contributed by atoms with van der Waals surface area (Å²) in [6.45, 7) is 0. The van der Waals surface area contributed by atoms with Gasteiger partial charge in [0.05, 0.1) is 13.2 Å². The summed E-state index contributed by atoms with van der Waals surface area (Å²) in [6.07, 6.45) is 0. The van der Waals surface area contributed by atoms with E-state index in [1.807, 2.05) is 24.3 Å². The van der Waals surface area contributed by atoms with Crippen LogP contribution >= 0.6 is 39.1 Å². The average Bonchev–Trinajstić information content (AvgIpc) is 2.44. The summed E-state index contributed by atoms with van der Waals surface area (Å²) in [5, 5.41) is 1.21. The molecule has 0 saturated carbocycles. The lowest BCUT2D eigenvalue weighted by Crippen LogP contribution is -2.29. The molecule has 106 valence electrons. The van der Waals surface area contributed by atoms with Crippen LogP contribution < -0.4 is 16.0 Å². The van der Waals surface area contributed by atoms with E-state index in [1.165, 1.54) is 0 Å².